The summed E-state index contributed by atoms with van der Waals surface area (Å²) in [5.41, 5.74) is 0.630. The van der Waals surface area contributed by atoms with Gasteiger partial charge in [-0.2, -0.15) is 0 Å². The van der Waals surface area contributed by atoms with E-state index in [2.05, 4.69) is 12.6 Å². The number of fused-ring (bicyclic) bond motifs is 1. The average molecular weight is 379 g/mol. The van der Waals surface area contributed by atoms with E-state index in [-0.39, 0.29) is 9.86 Å². The van der Waals surface area contributed by atoms with Crippen LogP contribution in [0.4, 0.5) is 0 Å². The van der Waals surface area contributed by atoms with Gasteiger partial charge in [-0.05, 0) is 37.2 Å². The lowest BCUT2D eigenvalue weighted by Gasteiger charge is -2.05. The molecule has 2 aromatic rings. The summed E-state index contributed by atoms with van der Waals surface area (Å²) in [6.45, 7) is 5.41. The maximum absolute atomic E-state index is 11.8. The Hall–Kier alpha value is -1.04. The van der Waals surface area contributed by atoms with E-state index in [1.165, 1.54) is 28.5 Å². The summed E-state index contributed by atoms with van der Waals surface area (Å²) >= 11 is 4.45. The van der Waals surface area contributed by atoms with Crippen LogP contribution < -0.4 is 4.74 Å². The summed E-state index contributed by atoms with van der Waals surface area (Å²) in [5.74, 6) is 1.90. The molecule has 24 heavy (non-hydrogen) atoms. The smallest absolute Gasteiger partial charge is 0.234 e. The van der Waals surface area contributed by atoms with Gasteiger partial charge < -0.3 is 0 Å². The molecule has 0 amide bonds. The van der Waals surface area contributed by atoms with Crippen molar-refractivity contribution in [3.05, 3.63) is 52.0 Å². The number of hydrogen-bond acceptors (Lipinski definition) is 5. The molecule has 0 aliphatic rings. The molecule has 2 rings (SSSR count). The van der Waals surface area contributed by atoms with E-state index in [4.69, 9.17) is 0 Å². The van der Waals surface area contributed by atoms with Crippen molar-refractivity contribution in [1.82, 2.24) is 0 Å². The van der Waals surface area contributed by atoms with E-state index >= 15 is 0 Å². The molecule has 1 aromatic carbocycles. The molecule has 0 saturated heterocycles. The zero-order chi connectivity index (χ0) is 17.4. The molecule has 2 nitrogen and oxygen atoms in total. The zero-order valence-corrected chi connectivity index (χ0v) is 16.3. The van der Waals surface area contributed by atoms with Crippen molar-refractivity contribution >= 4 is 50.1 Å². The third kappa shape index (κ3) is 6.11. The average Bonchev–Trinajstić information content (AvgIpc) is 2.56. The van der Waals surface area contributed by atoms with E-state index in [1.807, 2.05) is 18.2 Å². The fourth-order valence-electron chi connectivity index (χ4n) is 2.23. The maximum atomic E-state index is 11.8. The molecule has 0 bridgehead atoms. The third-order valence-electron chi connectivity index (χ3n) is 3.49. The summed E-state index contributed by atoms with van der Waals surface area (Å²) in [5, 5.41) is 1.29. The van der Waals surface area contributed by atoms with Crippen molar-refractivity contribution in [3.63, 3.8) is 0 Å². The SMILES string of the molecule is C=C(C)C(=O)SCCCCCCSc1cc(=O)sc2ccccc12. The van der Waals surface area contributed by atoms with Crippen LogP contribution in [-0.2, 0) is 4.79 Å². The molecule has 1 aromatic heterocycles. The summed E-state index contributed by atoms with van der Waals surface area (Å²) in [6, 6.07) is 9.85. The van der Waals surface area contributed by atoms with E-state index in [9.17, 15) is 9.59 Å². The molecule has 0 atom stereocenters. The minimum atomic E-state index is 0.107. The molecule has 0 aliphatic carbocycles. The Morgan fingerprint density at radius 2 is 1.83 bits per heavy atom. The van der Waals surface area contributed by atoms with Crippen LogP contribution in [0.5, 0.6) is 0 Å². The van der Waals surface area contributed by atoms with Crippen molar-refractivity contribution in [1.29, 1.82) is 0 Å². The topological polar surface area (TPSA) is 34.1 Å². The lowest BCUT2D eigenvalue weighted by atomic mass is 10.2. The van der Waals surface area contributed by atoms with Gasteiger partial charge in [0.15, 0.2) is 0 Å². The number of carbonyl (C=O) groups is 1. The number of thioether (sulfide) groups is 2. The Kier molecular flexibility index (Phi) is 8.09. The first-order valence-electron chi connectivity index (χ1n) is 8.06. The molecule has 0 unspecified atom stereocenters. The molecular weight excluding hydrogens is 356 g/mol. The summed E-state index contributed by atoms with van der Waals surface area (Å²) < 4.78 is 1.18. The van der Waals surface area contributed by atoms with E-state index in [1.54, 1.807) is 24.8 Å². The normalized spacial score (nSPS) is 10.9. The van der Waals surface area contributed by atoms with E-state index in [0.717, 1.165) is 46.8 Å². The highest BCUT2D eigenvalue weighted by molar-refractivity contribution is 8.14. The Morgan fingerprint density at radius 3 is 2.58 bits per heavy atom. The molecule has 0 aliphatic heterocycles. The predicted molar refractivity (Wildman–Crippen MR) is 110 cm³/mol. The lowest BCUT2D eigenvalue weighted by Crippen LogP contribution is -1.94. The van der Waals surface area contributed by atoms with Gasteiger partial charge in [0.1, 0.15) is 0 Å². The first-order chi connectivity index (χ1) is 11.6. The number of rotatable bonds is 9. The van der Waals surface area contributed by atoms with Crippen molar-refractivity contribution in [3.8, 4) is 0 Å². The maximum Gasteiger partial charge on any atom is 0.234 e. The molecule has 0 N–H and O–H groups in total. The Labute approximate surface area is 155 Å². The Balaban J connectivity index is 1.69. The summed E-state index contributed by atoms with van der Waals surface area (Å²) in [7, 11) is 0. The predicted octanol–water partition coefficient (Wildman–Crippen LogP) is 5.75. The lowest BCUT2D eigenvalue weighted by molar-refractivity contribution is -0.107. The van der Waals surface area contributed by atoms with Crippen molar-refractivity contribution < 1.29 is 4.79 Å². The highest BCUT2D eigenvalue weighted by Gasteiger charge is 2.05. The molecule has 128 valence electrons. The van der Waals surface area contributed by atoms with Crippen molar-refractivity contribution in [2.45, 2.75) is 37.5 Å². The van der Waals surface area contributed by atoms with Crippen LogP contribution in [0.1, 0.15) is 32.6 Å². The number of carbonyl (C=O) groups excluding carboxylic acids is 1. The third-order valence-corrected chi connectivity index (χ3v) is 6.63. The highest BCUT2D eigenvalue weighted by Crippen LogP contribution is 2.29. The number of benzene rings is 1. The van der Waals surface area contributed by atoms with Crippen molar-refractivity contribution in [2.75, 3.05) is 11.5 Å². The molecule has 0 spiro atoms. The molecule has 5 heteroatoms. The first kappa shape index (κ1) is 19.3. The molecule has 0 saturated carbocycles. The largest absolute Gasteiger partial charge is 0.282 e. The van der Waals surface area contributed by atoms with Crippen LogP contribution >= 0.6 is 34.9 Å². The van der Waals surface area contributed by atoms with E-state index < -0.39 is 0 Å². The van der Waals surface area contributed by atoms with Gasteiger partial charge in [0, 0.05) is 26.8 Å². The van der Waals surface area contributed by atoms with Crippen LogP contribution in [0.3, 0.4) is 0 Å². The van der Waals surface area contributed by atoms with Crippen LogP contribution in [0.15, 0.2) is 52.2 Å². The van der Waals surface area contributed by atoms with Crippen LogP contribution in [0, 0.1) is 0 Å². The quantitative estimate of drug-likeness (QED) is 0.316. The van der Waals surface area contributed by atoms with Crippen LogP contribution in [-0.4, -0.2) is 16.6 Å². The second kappa shape index (κ2) is 10.1. The minimum absolute atomic E-state index is 0.107. The minimum Gasteiger partial charge on any atom is -0.282 e. The van der Waals surface area contributed by atoms with Crippen LogP contribution in [0.2, 0.25) is 0 Å². The Morgan fingerprint density at radius 1 is 1.12 bits per heavy atom. The zero-order valence-electron chi connectivity index (χ0n) is 13.9. The highest BCUT2D eigenvalue weighted by atomic mass is 32.2. The van der Waals surface area contributed by atoms with Gasteiger partial charge in [-0.1, -0.05) is 60.7 Å². The second-order valence-electron chi connectivity index (χ2n) is 5.60. The van der Waals surface area contributed by atoms with Crippen LogP contribution in [0.25, 0.3) is 10.1 Å². The Bertz CT molecular complexity index is 765. The summed E-state index contributed by atoms with van der Waals surface area (Å²) in [4.78, 5) is 24.3. The standard InChI is InChI=1S/C19H22O2S3/c1-14(2)19(21)23-12-8-4-3-7-11-22-17-13-18(20)24-16-10-6-5-9-15(16)17/h5-6,9-10,13H,1,3-4,7-8,11-12H2,2H3. The van der Waals surface area contributed by atoms with Crippen molar-refractivity contribution in [2.24, 2.45) is 0 Å². The number of hydrogen-bond donors (Lipinski definition) is 0. The molecule has 0 radical (unpaired) electrons. The fraction of sp³-hybridized carbons (Fsp3) is 0.368. The van der Waals surface area contributed by atoms with Gasteiger partial charge in [0.05, 0.1) is 0 Å². The van der Waals surface area contributed by atoms with E-state index in [0.29, 0.717) is 5.57 Å². The molecule has 1 heterocycles. The van der Waals surface area contributed by atoms with Gasteiger partial charge >= 0.3 is 0 Å². The van der Waals surface area contributed by atoms with Gasteiger partial charge in [0.25, 0.3) is 0 Å². The monoisotopic (exact) mass is 378 g/mol. The van der Waals surface area contributed by atoms with Gasteiger partial charge in [0.2, 0.25) is 9.86 Å². The van der Waals surface area contributed by atoms with Gasteiger partial charge in [-0.25, -0.2) is 0 Å². The van der Waals surface area contributed by atoms with Gasteiger partial charge in [-0.3, -0.25) is 9.59 Å². The van der Waals surface area contributed by atoms with Gasteiger partial charge in [-0.15, -0.1) is 11.8 Å². The number of unbranched alkanes of at least 4 members (excludes halogenated alkanes) is 3. The molecular formula is C19H22O2S3. The summed E-state index contributed by atoms with van der Waals surface area (Å²) in [6.07, 6.45) is 4.49. The second-order valence-corrected chi connectivity index (χ2v) is 8.86. The fourth-order valence-corrected chi connectivity index (χ4v) is 5.07. The molecule has 0 fully saturated rings. The first-order valence-corrected chi connectivity index (χ1v) is 10.8.